The van der Waals surface area contributed by atoms with Crippen molar-refractivity contribution in [3.05, 3.63) is 34.6 Å². The Balaban J connectivity index is 1.89. The quantitative estimate of drug-likeness (QED) is 0.862. The number of aliphatic hydroxyl groups is 1. The van der Waals surface area contributed by atoms with Crippen LogP contribution < -0.4 is 0 Å². The van der Waals surface area contributed by atoms with Gasteiger partial charge in [-0.2, -0.15) is 0 Å². The Labute approximate surface area is 113 Å². The highest BCUT2D eigenvalue weighted by molar-refractivity contribution is 6.31. The molecule has 1 fully saturated rings. The fourth-order valence-corrected chi connectivity index (χ4v) is 3.04. The van der Waals surface area contributed by atoms with Crippen molar-refractivity contribution in [3.63, 3.8) is 0 Å². The Bertz CT molecular complexity index is 388. The van der Waals surface area contributed by atoms with Gasteiger partial charge < -0.3 is 5.11 Å². The van der Waals surface area contributed by atoms with E-state index in [9.17, 15) is 9.50 Å². The minimum absolute atomic E-state index is 0.292. The lowest BCUT2D eigenvalue weighted by Gasteiger charge is -2.24. The predicted octanol–water partition coefficient (Wildman–Crippen LogP) is 4.35. The summed E-state index contributed by atoms with van der Waals surface area (Å²) in [6.45, 7) is 0. The zero-order valence-electron chi connectivity index (χ0n) is 10.5. The van der Waals surface area contributed by atoms with Crippen LogP contribution in [0.3, 0.4) is 0 Å². The summed E-state index contributed by atoms with van der Waals surface area (Å²) in [7, 11) is 0. The normalized spacial score (nSPS) is 18.8. The molecule has 0 aromatic heterocycles. The molecule has 3 heteroatoms. The highest BCUT2D eigenvalue weighted by Gasteiger charge is 2.18. The lowest BCUT2D eigenvalue weighted by atomic mass is 9.84. The van der Waals surface area contributed by atoms with E-state index >= 15 is 0 Å². The Morgan fingerprint density at radius 1 is 1.28 bits per heavy atom. The molecular weight excluding hydrogens is 251 g/mol. The van der Waals surface area contributed by atoms with Crippen molar-refractivity contribution in [3.8, 4) is 0 Å². The molecule has 1 aliphatic rings. The van der Waals surface area contributed by atoms with E-state index in [1.54, 1.807) is 6.07 Å². The van der Waals surface area contributed by atoms with E-state index in [0.717, 1.165) is 6.42 Å². The summed E-state index contributed by atoms with van der Waals surface area (Å²) in [5.41, 5.74) is 0.708. The molecule has 1 aromatic carbocycles. The summed E-state index contributed by atoms with van der Waals surface area (Å²) in [5.74, 6) is 0.334. The van der Waals surface area contributed by atoms with E-state index in [1.807, 2.05) is 0 Å². The topological polar surface area (TPSA) is 20.2 Å². The lowest BCUT2D eigenvalue weighted by Crippen LogP contribution is -2.18. The molecule has 1 nitrogen and oxygen atoms in total. The summed E-state index contributed by atoms with van der Waals surface area (Å²) >= 11 is 6.01. The highest BCUT2D eigenvalue weighted by atomic mass is 35.5. The van der Waals surface area contributed by atoms with Gasteiger partial charge in [0, 0.05) is 5.02 Å². The van der Waals surface area contributed by atoms with Crippen LogP contribution in [0, 0.1) is 11.7 Å². The average molecular weight is 271 g/mol. The van der Waals surface area contributed by atoms with Crippen LogP contribution in [0.15, 0.2) is 18.2 Å². The Morgan fingerprint density at radius 3 is 2.72 bits per heavy atom. The molecule has 0 saturated heterocycles. The first-order chi connectivity index (χ1) is 8.65. The molecule has 0 bridgehead atoms. The molecule has 18 heavy (non-hydrogen) atoms. The van der Waals surface area contributed by atoms with Crippen LogP contribution in [0.25, 0.3) is 0 Å². The molecule has 0 amide bonds. The van der Waals surface area contributed by atoms with Gasteiger partial charge in [-0.05, 0) is 42.5 Å². The number of hydrogen-bond donors (Lipinski definition) is 1. The first kappa shape index (κ1) is 13.8. The SMILES string of the molecule is OC(Cc1cc(F)ccc1Cl)CC1CCCCC1. The second kappa shape index (κ2) is 6.53. The van der Waals surface area contributed by atoms with Gasteiger partial charge in [0.15, 0.2) is 0 Å². The Morgan fingerprint density at radius 2 is 2.00 bits per heavy atom. The lowest BCUT2D eigenvalue weighted by molar-refractivity contribution is 0.130. The largest absolute Gasteiger partial charge is 0.393 e. The van der Waals surface area contributed by atoms with Gasteiger partial charge in [-0.25, -0.2) is 4.39 Å². The van der Waals surface area contributed by atoms with Crippen LogP contribution in [0.5, 0.6) is 0 Å². The van der Waals surface area contributed by atoms with Gasteiger partial charge in [0.1, 0.15) is 5.82 Å². The number of rotatable bonds is 4. The molecule has 0 radical (unpaired) electrons. The van der Waals surface area contributed by atoms with Crippen LogP contribution in [0.2, 0.25) is 5.02 Å². The summed E-state index contributed by atoms with van der Waals surface area (Å²) in [4.78, 5) is 0. The van der Waals surface area contributed by atoms with E-state index < -0.39 is 6.10 Å². The number of halogens is 2. The molecule has 1 unspecified atom stereocenters. The van der Waals surface area contributed by atoms with E-state index in [2.05, 4.69) is 0 Å². The third-order valence-corrected chi connectivity index (χ3v) is 4.16. The van der Waals surface area contributed by atoms with Crippen molar-refractivity contribution >= 4 is 11.6 Å². The van der Waals surface area contributed by atoms with E-state index in [0.29, 0.717) is 22.9 Å². The van der Waals surface area contributed by atoms with E-state index in [4.69, 9.17) is 11.6 Å². The van der Waals surface area contributed by atoms with Crippen molar-refractivity contribution in [1.29, 1.82) is 0 Å². The van der Waals surface area contributed by atoms with Crippen molar-refractivity contribution in [2.75, 3.05) is 0 Å². The third kappa shape index (κ3) is 3.96. The maximum atomic E-state index is 13.1. The van der Waals surface area contributed by atoms with Crippen molar-refractivity contribution in [1.82, 2.24) is 0 Å². The smallest absolute Gasteiger partial charge is 0.123 e. The van der Waals surface area contributed by atoms with Crippen LogP contribution in [0.1, 0.15) is 44.1 Å². The minimum Gasteiger partial charge on any atom is -0.393 e. The Kier molecular flexibility index (Phi) is 5.02. The van der Waals surface area contributed by atoms with Gasteiger partial charge >= 0.3 is 0 Å². The zero-order chi connectivity index (χ0) is 13.0. The molecule has 1 aromatic rings. The fraction of sp³-hybridized carbons (Fsp3) is 0.600. The first-order valence-electron chi connectivity index (χ1n) is 6.77. The standard InChI is InChI=1S/C15H20ClFO/c16-15-7-6-13(17)9-12(15)10-14(18)8-11-4-2-1-3-5-11/h6-7,9,11,14,18H,1-5,8,10H2. The third-order valence-electron chi connectivity index (χ3n) is 3.79. The Hall–Kier alpha value is -0.600. The second-order valence-corrected chi connectivity index (χ2v) is 5.74. The summed E-state index contributed by atoms with van der Waals surface area (Å²) < 4.78 is 13.1. The minimum atomic E-state index is -0.410. The van der Waals surface area contributed by atoms with E-state index in [1.165, 1.54) is 44.2 Å². The molecule has 1 N–H and O–H groups in total. The fourth-order valence-electron chi connectivity index (χ4n) is 2.84. The molecule has 0 aliphatic heterocycles. The summed E-state index contributed by atoms with van der Waals surface area (Å²) in [6.07, 6.45) is 7.16. The molecule has 1 saturated carbocycles. The van der Waals surface area contributed by atoms with Crippen molar-refractivity contribution in [2.45, 2.75) is 51.0 Å². The number of aliphatic hydroxyl groups excluding tert-OH is 1. The zero-order valence-corrected chi connectivity index (χ0v) is 11.3. The molecule has 0 heterocycles. The molecule has 100 valence electrons. The number of hydrogen-bond acceptors (Lipinski definition) is 1. The predicted molar refractivity (Wildman–Crippen MR) is 72.3 cm³/mol. The van der Waals surface area contributed by atoms with Gasteiger partial charge in [-0.15, -0.1) is 0 Å². The van der Waals surface area contributed by atoms with Gasteiger partial charge in [0.25, 0.3) is 0 Å². The summed E-state index contributed by atoms with van der Waals surface area (Å²) in [6, 6.07) is 4.32. The second-order valence-electron chi connectivity index (χ2n) is 5.33. The van der Waals surface area contributed by atoms with E-state index in [-0.39, 0.29) is 5.82 Å². The molecule has 2 rings (SSSR count). The first-order valence-corrected chi connectivity index (χ1v) is 7.15. The van der Waals surface area contributed by atoms with Crippen molar-refractivity contribution < 1.29 is 9.50 Å². The summed E-state index contributed by atoms with van der Waals surface area (Å²) in [5, 5.41) is 10.6. The molecular formula is C15H20ClFO. The maximum Gasteiger partial charge on any atom is 0.123 e. The van der Waals surface area contributed by atoms with Crippen LogP contribution >= 0.6 is 11.6 Å². The van der Waals surface area contributed by atoms with Crippen LogP contribution in [-0.4, -0.2) is 11.2 Å². The highest BCUT2D eigenvalue weighted by Crippen LogP contribution is 2.28. The van der Waals surface area contributed by atoms with Crippen LogP contribution in [-0.2, 0) is 6.42 Å². The van der Waals surface area contributed by atoms with Crippen molar-refractivity contribution in [2.24, 2.45) is 5.92 Å². The molecule has 0 spiro atoms. The number of benzene rings is 1. The molecule has 1 aliphatic carbocycles. The van der Waals surface area contributed by atoms with Gasteiger partial charge in [0.2, 0.25) is 0 Å². The monoisotopic (exact) mass is 270 g/mol. The van der Waals surface area contributed by atoms with Gasteiger partial charge in [-0.3, -0.25) is 0 Å². The van der Waals surface area contributed by atoms with Gasteiger partial charge in [0.05, 0.1) is 6.10 Å². The molecule has 1 atom stereocenters. The average Bonchev–Trinajstić information content (AvgIpc) is 2.35. The van der Waals surface area contributed by atoms with Gasteiger partial charge in [-0.1, -0.05) is 43.7 Å². The van der Waals surface area contributed by atoms with Crippen LogP contribution in [0.4, 0.5) is 4.39 Å². The maximum absolute atomic E-state index is 13.1.